The smallest absolute Gasteiger partial charge is 0.459 e. The Morgan fingerprint density at radius 1 is 1.30 bits per heavy atom. The average Bonchev–Trinajstić information content (AvgIpc) is 3.03. The van der Waals surface area contributed by atoms with Gasteiger partial charge in [-0.1, -0.05) is 18.2 Å². The lowest BCUT2D eigenvalue weighted by Gasteiger charge is -2.15. The Kier molecular flexibility index (Phi) is 5.58. The highest BCUT2D eigenvalue weighted by Crippen LogP contribution is 2.16. The molecule has 0 radical (unpaired) electrons. The standard InChI is InChI=1S/C19H19BFNO5/c1-11-16(8-5-14-10-27-20(25)17(11)14)18(23)22-12(2)19(24)26-9-13-3-6-15(21)7-4-13/h3-8,12,25H,9-10H2,1-2H3,(H,22,23)/t12-/m0/s1. The van der Waals surface area contributed by atoms with Gasteiger partial charge >= 0.3 is 13.1 Å². The van der Waals surface area contributed by atoms with Crippen molar-refractivity contribution in [1.29, 1.82) is 0 Å². The van der Waals surface area contributed by atoms with Gasteiger partial charge in [0.25, 0.3) is 5.91 Å². The molecular weight excluding hydrogens is 352 g/mol. The number of nitrogens with one attached hydrogen (secondary N) is 1. The van der Waals surface area contributed by atoms with Crippen molar-refractivity contribution in [2.24, 2.45) is 0 Å². The number of carbonyl (C=O) groups excluding carboxylic acids is 2. The third-order valence-electron chi connectivity index (χ3n) is 4.49. The molecule has 0 saturated heterocycles. The van der Waals surface area contributed by atoms with Crippen LogP contribution in [0.1, 0.15) is 34.0 Å². The van der Waals surface area contributed by atoms with E-state index < -0.39 is 25.0 Å². The number of esters is 1. The Bertz CT molecular complexity index is 871. The molecule has 1 aliphatic rings. The summed E-state index contributed by atoms with van der Waals surface area (Å²) in [5.41, 5.74) is 3.04. The van der Waals surface area contributed by atoms with E-state index in [0.717, 1.165) is 5.56 Å². The first-order chi connectivity index (χ1) is 12.9. The van der Waals surface area contributed by atoms with Crippen LogP contribution in [0.5, 0.6) is 0 Å². The van der Waals surface area contributed by atoms with E-state index in [-0.39, 0.29) is 12.4 Å². The first kappa shape index (κ1) is 19.1. The fourth-order valence-electron chi connectivity index (χ4n) is 2.95. The van der Waals surface area contributed by atoms with E-state index >= 15 is 0 Å². The van der Waals surface area contributed by atoms with E-state index in [1.807, 2.05) is 0 Å². The predicted molar refractivity (Wildman–Crippen MR) is 96.7 cm³/mol. The van der Waals surface area contributed by atoms with E-state index in [0.29, 0.717) is 28.8 Å². The van der Waals surface area contributed by atoms with Crippen molar-refractivity contribution in [3.63, 3.8) is 0 Å². The van der Waals surface area contributed by atoms with E-state index in [1.165, 1.54) is 31.2 Å². The summed E-state index contributed by atoms with van der Waals surface area (Å²) in [6.07, 6.45) is 0. The molecule has 8 heteroatoms. The molecule has 140 valence electrons. The number of ether oxygens (including phenoxy) is 1. The maximum Gasteiger partial charge on any atom is 0.492 e. The normalized spacial score (nSPS) is 13.9. The highest BCUT2D eigenvalue weighted by Gasteiger charge is 2.31. The lowest BCUT2D eigenvalue weighted by Crippen LogP contribution is -2.41. The summed E-state index contributed by atoms with van der Waals surface area (Å²) in [6.45, 7) is 3.53. The van der Waals surface area contributed by atoms with Crippen molar-refractivity contribution in [3.05, 3.63) is 64.5 Å². The first-order valence-electron chi connectivity index (χ1n) is 8.51. The molecule has 0 aromatic heterocycles. The second-order valence-electron chi connectivity index (χ2n) is 6.40. The van der Waals surface area contributed by atoms with Gasteiger partial charge in [-0.2, -0.15) is 0 Å². The molecule has 1 aliphatic heterocycles. The zero-order chi connectivity index (χ0) is 19.6. The second kappa shape index (κ2) is 7.90. The second-order valence-corrected chi connectivity index (χ2v) is 6.40. The zero-order valence-corrected chi connectivity index (χ0v) is 15.0. The molecule has 2 N–H and O–H groups in total. The predicted octanol–water partition coefficient (Wildman–Crippen LogP) is 1.21. The lowest BCUT2D eigenvalue weighted by atomic mass is 9.75. The van der Waals surface area contributed by atoms with Gasteiger partial charge in [-0.05, 0) is 54.2 Å². The lowest BCUT2D eigenvalue weighted by molar-refractivity contribution is -0.146. The molecule has 3 rings (SSSR count). The van der Waals surface area contributed by atoms with Gasteiger partial charge in [0, 0.05) is 5.56 Å². The maximum absolute atomic E-state index is 12.9. The number of halogens is 1. The number of amides is 1. The van der Waals surface area contributed by atoms with Crippen molar-refractivity contribution in [2.75, 3.05) is 0 Å². The summed E-state index contributed by atoms with van der Waals surface area (Å²) in [7, 11) is -1.05. The van der Waals surface area contributed by atoms with Crippen molar-refractivity contribution in [1.82, 2.24) is 5.32 Å². The molecule has 1 atom stereocenters. The van der Waals surface area contributed by atoms with Crippen LogP contribution in [0.4, 0.5) is 4.39 Å². The van der Waals surface area contributed by atoms with E-state index in [4.69, 9.17) is 9.39 Å². The van der Waals surface area contributed by atoms with Crippen LogP contribution in [0.15, 0.2) is 36.4 Å². The van der Waals surface area contributed by atoms with Crippen molar-refractivity contribution < 1.29 is 28.4 Å². The minimum Gasteiger partial charge on any atom is -0.459 e. The average molecular weight is 371 g/mol. The van der Waals surface area contributed by atoms with Gasteiger partial charge in [0.2, 0.25) is 0 Å². The van der Waals surface area contributed by atoms with Crippen LogP contribution in [0.2, 0.25) is 0 Å². The maximum atomic E-state index is 12.9. The molecule has 0 fully saturated rings. The largest absolute Gasteiger partial charge is 0.492 e. The minimum absolute atomic E-state index is 0.0132. The van der Waals surface area contributed by atoms with Crippen LogP contribution in [0, 0.1) is 12.7 Å². The highest BCUT2D eigenvalue weighted by atomic mass is 19.1. The summed E-state index contributed by atoms with van der Waals surface area (Å²) in [4.78, 5) is 24.6. The van der Waals surface area contributed by atoms with Gasteiger partial charge in [-0.25, -0.2) is 9.18 Å². The van der Waals surface area contributed by atoms with E-state index in [9.17, 15) is 19.0 Å². The molecule has 0 aliphatic carbocycles. The first-order valence-corrected chi connectivity index (χ1v) is 8.51. The summed E-state index contributed by atoms with van der Waals surface area (Å²) < 4.78 is 23.2. The van der Waals surface area contributed by atoms with Crippen molar-refractivity contribution >= 4 is 24.5 Å². The summed E-state index contributed by atoms with van der Waals surface area (Å²) in [6, 6.07) is 8.10. The van der Waals surface area contributed by atoms with Gasteiger partial charge in [0.15, 0.2) is 0 Å². The third kappa shape index (κ3) is 4.18. The third-order valence-corrected chi connectivity index (χ3v) is 4.49. The molecule has 2 aromatic carbocycles. The Labute approximate surface area is 156 Å². The van der Waals surface area contributed by atoms with E-state index in [2.05, 4.69) is 5.32 Å². The minimum atomic E-state index is -1.05. The molecular formula is C19H19BFNO5. The monoisotopic (exact) mass is 371 g/mol. The summed E-state index contributed by atoms with van der Waals surface area (Å²) in [5, 5.41) is 12.5. The van der Waals surface area contributed by atoms with Crippen LogP contribution in [-0.2, 0) is 27.4 Å². The van der Waals surface area contributed by atoms with Crippen LogP contribution in [-0.4, -0.2) is 30.1 Å². The van der Waals surface area contributed by atoms with Crippen LogP contribution >= 0.6 is 0 Å². The number of hydrogen-bond donors (Lipinski definition) is 2. The Hall–Kier alpha value is -2.71. The van der Waals surface area contributed by atoms with Crippen molar-refractivity contribution in [2.45, 2.75) is 33.1 Å². The number of rotatable bonds is 5. The molecule has 0 bridgehead atoms. The number of hydrogen-bond acceptors (Lipinski definition) is 5. The van der Waals surface area contributed by atoms with Crippen LogP contribution in [0.3, 0.4) is 0 Å². The molecule has 6 nitrogen and oxygen atoms in total. The summed E-state index contributed by atoms with van der Waals surface area (Å²) in [5.74, 6) is -1.42. The Morgan fingerprint density at radius 3 is 2.70 bits per heavy atom. The molecule has 1 amide bonds. The van der Waals surface area contributed by atoms with Gasteiger partial charge in [0.1, 0.15) is 18.5 Å². The Morgan fingerprint density at radius 2 is 2.00 bits per heavy atom. The van der Waals surface area contributed by atoms with Gasteiger partial charge < -0.3 is 19.7 Å². The highest BCUT2D eigenvalue weighted by molar-refractivity contribution is 6.62. The molecule has 0 unspecified atom stereocenters. The molecule has 2 aromatic rings. The molecule has 0 saturated carbocycles. The van der Waals surface area contributed by atoms with Crippen molar-refractivity contribution in [3.8, 4) is 0 Å². The van der Waals surface area contributed by atoms with Gasteiger partial charge in [0.05, 0.1) is 6.61 Å². The zero-order valence-electron chi connectivity index (χ0n) is 15.0. The number of carbonyl (C=O) groups is 2. The number of fused-ring (bicyclic) bond motifs is 1. The van der Waals surface area contributed by atoms with Crippen LogP contribution < -0.4 is 10.8 Å². The summed E-state index contributed by atoms with van der Waals surface area (Å²) >= 11 is 0. The fourth-order valence-corrected chi connectivity index (χ4v) is 2.95. The fraction of sp³-hybridized carbons (Fsp3) is 0.263. The van der Waals surface area contributed by atoms with E-state index in [1.54, 1.807) is 19.1 Å². The molecule has 27 heavy (non-hydrogen) atoms. The topological polar surface area (TPSA) is 84.9 Å². The van der Waals surface area contributed by atoms with Gasteiger partial charge in [-0.3, -0.25) is 4.79 Å². The Balaban J connectivity index is 1.61. The quantitative estimate of drug-likeness (QED) is 0.610. The van der Waals surface area contributed by atoms with Gasteiger partial charge in [-0.15, -0.1) is 0 Å². The number of benzene rings is 2. The SMILES string of the molecule is Cc1c(C(=O)N[C@@H](C)C(=O)OCc2ccc(F)cc2)ccc2c1B(O)OC2. The molecule has 1 heterocycles. The van der Waals surface area contributed by atoms with Crippen LogP contribution in [0.25, 0.3) is 0 Å². The molecule has 0 spiro atoms.